The third-order valence-corrected chi connectivity index (χ3v) is 3.61. The summed E-state index contributed by atoms with van der Waals surface area (Å²) < 4.78 is 1.56. The molecule has 0 bridgehead atoms. The van der Waals surface area contributed by atoms with Crippen LogP contribution in [0.3, 0.4) is 0 Å². The summed E-state index contributed by atoms with van der Waals surface area (Å²) in [4.78, 5) is 26.4. The van der Waals surface area contributed by atoms with Crippen molar-refractivity contribution < 1.29 is 9.59 Å². The van der Waals surface area contributed by atoms with E-state index in [1.54, 1.807) is 18.8 Å². The molecule has 1 aromatic heterocycles. The molecule has 1 aliphatic heterocycles. The molecule has 0 aromatic carbocycles. The lowest BCUT2D eigenvalue weighted by Crippen LogP contribution is -2.52. The summed E-state index contributed by atoms with van der Waals surface area (Å²) >= 11 is 6.11. The number of carbonyl (C=O) groups excluding carboxylic acids is 2. The van der Waals surface area contributed by atoms with Gasteiger partial charge in [-0.05, 0) is 6.92 Å². The predicted molar refractivity (Wildman–Crippen MR) is 66.0 cm³/mol. The first-order valence-corrected chi connectivity index (χ1v) is 6.02. The number of halogens is 1. The zero-order valence-electron chi connectivity index (χ0n) is 10.6. The van der Waals surface area contributed by atoms with E-state index in [4.69, 9.17) is 11.6 Å². The van der Waals surface area contributed by atoms with Gasteiger partial charge in [-0.3, -0.25) is 14.3 Å². The topological polar surface area (TPSA) is 58.4 Å². The Morgan fingerprint density at radius 2 is 1.89 bits per heavy atom. The molecule has 0 N–H and O–H groups in total. The quantitative estimate of drug-likeness (QED) is 0.721. The Morgan fingerprint density at radius 1 is 1.22 bits per heavy atom. The number of nitrogens with zero attached hydrogens (tertiary/aromatic N) is 4. The van der Waals surface area contributed by atoms with Crippen molar-refractivity contribution in [1.29, 1.82) is 0 Å². The average molecular weight is 271 g/mol. The number of aryl methyl sites for hydroxylation is 2. The fourth-order valence-corrected chi connectivity index (χ4v) is 2.20. The maximum atomic E-state index is 11.8. The molecule has 0 spiro atoms. The number of amides is 2. The fraction of sp³-hybridized carbons (Fsp3) is 0.545. The highest BCUT2D eigenvalue weighted by atomic mass is 35.5. The Bertz CT molecular complexity index is 511. The Morgan fingerprint density at radius 3 is 2.44 bits per heavy atom. The van der Waals surface area contributed by atoms with Crippen molar-refractivity contribution in [2.75, 3.05) is 20.1 Å². The smallest absolute Gasteiger partial charge is 0.312 e. The van der Waals surface area contributed by atoms with Crippen LogP contribution < -0.4 is 0 Å². The van der Waals surface area contributed by atoms with E-state index in [0.717, 1.165) is 11.3 Å². The van der Waals surface area contributed by atoms with Crippen molar-refractivity contribution in [2.45, 2.75) is 13.5 Å². The largest absolute Gasteiger partial charge is 0.336 e. The minimum absolute atomic E-state index is 0.330. The molecule has 6 nitrogen and oxygen atoms in total. The second-order valence-electron chi connectivity index (χ2n) is 4.43. The maximum absolute atomic E-state index is 11.8. The highest BCUT2D eigenvalue weighted by molar-refractivity contribution is 6.35. The minimum atomic E-state index is -0.483. The van der Waals surface area contributed by atoms with Gasteiger partial charge in [-0.25, -0.2) is 0 Å². The van der Waals surface area contributed by atoms with Gasteiger partial charge >= 0.3 is 11.8 Å². The number of aromatic nitrogens is 2. The minimum Gasteiger partial charge on any atom is -0.336 e. The van der Waals surface area contributed by atoms with Gasteiger partial charge in [0.2, 0.25) is 0 Å². The van der Waals surface area contributed by atoms with Gasteiger partial charge in [-0.2, -0.15) is 5.10 Å². The Labute approximate surface area is 110 Å². The Kier molecular flexibility index (Phi) is 3.30. The zero-order chi connectivity index (χ0) is 13.4. The molecule has 2 heterocycles. The second kappa shape index (κ2) is 4.61. The van der Waals surface area contributed by atoms with E-state index in [9.17, 15) is 9.59 Å². The fourth-order valence-electron chi connectivity index (χ4n) is 1.97. The van der Waals surface area contributed by atoms with E-state index in [1.165, 1.54) is 9.80 Å². The van der Waals surface area contributed by atoms with Crippen LogP contribution in [0.25, 0.3) is 0 Å². The molecule has 0 unspecified atom stereocenters. The molecule has 18 heavy (non-hydrogen) atoms. The molecule has 1 aliphatic rings. The number of carbonyl (C=O) groups is 2. The Balaban J connectivity index is 2.19. The van der Waals surface area contributed by atoms with Crippen LogP contribution in [0.1, 0.15) is 11.3 Å². The van der Waals surface area contributed by atoms with Crippen molar-refractivity contribution in [2.24, 2.45) is 7.05 Å². The molecule has 0 radical (unpaired) electrons. The average Bonchev–Trinajstić information content (AvgIpc) is 2.56. The van der Waals surface area contributed by atoms with Crippen LogP contribution in [0.2, 0.25) is 5.15 Å². The van der Waals surface area contributed by atoms with Gasteiger partial charge in [-0.15, -0.1) is 0 Å². The van der Waals surface area contributed by atoms with E-state index in [1.807, 2.05) is 6.92 Å². The third kappa shape index (κ3) is 2.08. The predicted octanol–water partition coefficient (Wildman–Crippen LogP) is 0.183. The van der Waals surface area contributed by atoms with Crippen molar-refractivity contribution >= 4 is 23.4 Å². The first kappa shape index (κ1) is 12.9. The molecule has 1 saturated heterocycles. The van der Waals surface area contributed by atoms with Crippen LogP contribution in [0, 0.1) is 6.92 Å². The summed E-state index contributed by atoms with van der Waals surface area (Å²) in [6.07, 6.45) is 0. The van der Waals surface area contributed by atoms with Crippen molar-refractivity contribution in [3.05, 3.63) is 16.4 Å². The summed E-state index contributed by atoms with van der Waals surface area (Å²) in [5.74, 6) is -0.956. The summed E-state index contributed by atoms with van der Waals surface area (Å²) in [6, 6.07) is 0. The number of hydrogen-bond acceptors (Lipinski definition) is 3. The number of hydrogen-bond donors (Lipinski definition) is 0. The number of piperazine rings is 1. The van der Waals surface area contributed by atoms with Crippen LogP contribution in [0.15, 0.2) is 0 Å². The van der Waals surface area contributed by atoms with Crippen molar-refractivity contribution in [1.82, 2.24) is 19.6 Å². The van der Waals surface area contributed by atoms with E-state index < -0.39 is 11.8 Å². The van der Waals surface area contributed by atoms with Crippen LogP contribution in [0.5, 0.6) is 0 Å². The van der Waals surface area contributed by atoms with Gasteiger partial charge in [0, 0.05) is 32.7 Å². The lowest BCUT2D eigenvalue weighted by molar-refractivity contribution is -0.155. The molecular formula is C11H15ClN4O2. The summed E-state index contributed by atoms with van der Waals surface area (Å²) in [5, 5.41) is 4.69. The SMILES string of the molecule is Cc1nn(C)c(Cl)c1CN1CCN(C)C(=O)C1=O. The number of likely N-dealkylation sites (N-methyl/N-ethyl adjacent to an activating group) is 1. The standard InChI is InChI=1S/C11H15ClN4O2/c1-7-8(9(12)15(3)13-7)6-16-5-4-14(2)10(17)11(16)18/h4-6H2,1-3H3. The summed E-state index contributed by atoms with van der Waals surface area (Å²) in [6.45, 7) is 3.23. The molecular weight excluding hydrogens is 256 g/mol. The Hall–Kier alpha value is -1.56. The van der Waals surface area contributed by atoms with Gasteiger partial charge in [0.25, 0.3) is 0 Å². The van der Waals surface area contributed by atoms with Crippen molar-refractivity contribution in [3.63, 3.8) is 0 Å². The van der Waals surface area contributed by atoms with Gasteiger partial charge in [0.05, 0.1) is 12.2 Å². The lowest BCUT2D eigenvalue weighted by atomic mass is 10.2. The summed E-state index contributed by atoms with van der Waals surface area (Å²) in [5.41, 5.74) is 1.58. The first-order valence-electron chi connectivity index (χ1n) is 5.64. The van der Waals surface area contributed by atoms with Gasteiger partial charge in [0.15, 0.2) is 0 Å². The monoisotopic (exact) mass is 270 g/mol. The van der Waals surface area contributed by atoms with Gasteiger partial charge < -0.3 is 9.80 Å². The number of rotatable bonds is 2. The van der Waals surface area contributed by atoms with E-state index in [-0.39, 0.29) is 0 Å². The molecule has 0 atom stereocenters. The lowest BCUT2D eigenvalue weighted by Gasteiger charge is -2.31. The third-order valence-electron chi connectivity index (χ3n) is 3.14. The van der Waals surface area contributed by atoms with Crippen LogP contribution in [-0.2, 0) is 23.2 Å². The summed E-state index contributed by atoms with van der Waals surface area (Å²) in [7, 11) is 3.37. The normalized spacial score (nSPS) is 16.7. The molecule has 0 saturated carbocycles. The highest BCUT2D eigenvalue weighted by Crippen LogP contribution is 2.21. The van der Waals surface area contributed by atoms with Crippen LogP contribution in [0.4, 0.5) is 0 Å². The first-order chi connectivity index (χ1) is 8.41. The van der Waals surface area contributed by atoms with Crippen LogP contribution >= 0.6 is 11.6 Å². The molecule has 98 valence electrons. The molecule has 1 fully saturated rings. The zero-order valence-corrected chi connectivity index (χ0v) is 11.4. The van der Waals surface area contributed by atoms with E-state index >= 15 is 0 Å². The molecule has 2 amide bonds. The van der Waals surface area contributed by atoms with Gasteiger partial charge in [-0.1, -0.05) is 11.6 Å². The second-order valence-corrected chi connectivity index (χ2v) is 4.79. The molecule has 1 aromatic rings. The molecule has 2 rings (SSSR count). The van der Waals surface area contributed by atoms with E-state index in [0.29, 0.717) is 24.8 Å². The van der Waals surface area contributed by atoms with Crippen LogP contribution in [-0.4, -0.2) is 51.5 Å². The highest BCUT2D eigenvalue weighted by Gasteiger charge is 2.31. The van der Waals surface area contributed by atoms with Gasteiger partial charge in [0.1, 0.15) is 5.15 Å². The maximum Gasteiger partial charge on any atom is 0.312 e. The van der Waals surface area contributed by atoms with E-state index in [2.05, 4.69) is 5.10 Å². The molecule has 0 aliphatic carbocycles. The molecule has 7 heteroatoms. The van der Waals surface area contributed by atoms with Crippen molar-refractivity contribution in [3.8, 4) is 0 Å².